The average molecular weight is 151 g/mol. The first-order chi connectivity index (χ1) is 5.38. The van der Waals surface area contributed by atoms with E-state index in [0.717, 1.165) is 0 Å². The summed E-state index contributed by atoms with van der Waals surface area (Å²) in [5, 5.41) is 3.23. The predicted octanol–water partition coefficient (Wildman–Crippen LogP) is 2.61. The van der Waals surface area contributed by atoms with Crippen molar-refractivity contribution in [2.75, 3.05) is 7.05 Å². The molecule has 0 amide bonds. The molecule has 0 saturated carbocycles. The van der Waals surface area contributed by atoms with Gasteiger partial charge in [0.05, 0.1) is 0 Å². The molecule has 1 N–H and O–H groups in total. The number of hydrogen-bond donors (Lipinski definition) is 1. The Balaban J connectivity index is 2.66. The van der Waals surface area contributed by atoms with E-state index in [0.29, 0.717) is 0 Å². The van der Waals surface area contributed by atoms with E-state index in [9.17, 15) is 0 Å². The van der Waals surface area contributed by atoms with E-state index in [1.807, 2.05) is 7.05 Å². The highest BCUT2D eigenvalue weighted by Crippen LogP contribution is 2.20. The number of nitrogens with one attached hydrogen (secondary N) is 1. The largest absolute Gasteiger partial charge is 0.388 e. The Labute approximate surface area is 69.2 Å². The Morgan fingerprint density at radius 3 is 3.00 bits per heavy atom. The molecule has 1 aliphatic rings. The number of allylic oxidation sites excluding steroid dienone is 3. The van der Waals surface area contributed by atoms with Crippen LogP contribution in [0.25, 0.3) is 0 Å². The van der Waals surface area contributed by atoms with E-state index < -0.39 is 0 Å². The molecule has 1 rings (SSSR count). The molecule has 0 aromatic heterocycles. The summed E-state index contributed by atoms with van der Waals surface area (Å²) in [4.78, 5) is 0. The molecule has 0 spiro atoms. The van der Waals surface area contributed by atoms with Gasteiger partial charge in [0.1, 0.15) is 0 Å². The molecule has 0 fully saturated rings. The van der Waals surface area contributed by atoms with Crippen LogP contribution in [0.4, 0.5) is 0 Å². The molecule has 0 unspecified atom stereocenters. The molecule has 62 valence electrons. The second kappa shape index (κ2) is 4.22. The van der Waals surface area contributed by atoms with E-state index in [1.165, 1.54) is 31.4 Å². The van der Waals surface area contributed by atoms with Crippen molar-refractivity contribution in [3.63, 3.8) is 0 Å². The first-order valence-electron chi connectivity index (χ1n) is 4.44. The molecule has 0 heterocycles. The molecule has 0 saturated heterocycles. The van der Waals surface area contributed by atoms with Gasteiger partial charge >= 0.3 is 0 Å². The summed E-state index contributed by atoms with van der Waals surface area (Å²) in [5.74, 6) is 0. The molecule has 1 nitrogen and oxygen atoms in total. The Hall–Kier alpha value is -0.720. The Morgan fingerprint density at radius 2 is 2.36 bits per heavy atom. The minimum Gasteiger partial charge on any atom is -0.388 e. The molecule has 0 radical (unpaired) electrons. The normalized spacial score (nSPS) is 17.3. The molecule has 1 heteroatoms. The van der Waals surface area contributed by atoms with Gasteiger partial charge in [-0.25, -0.2) is 0 Å². The Bertz CT molecular complexity index is 177. The van der Waals surface area contributed by atoms with Crippen LogP contribution >= 0.6 is 0 Å². The van der Waals surface area contributed by atoms with Gasteiger partial charge in [0.2, 0.25) is 0 Å². The average Bonchev–Trinajstić information content (AvgIpc) is 2.06. The van der Waals surface area contributed by atoms with Gasteiger partial charge in [-0.2, -0.15) is 0 Å². The van der Waals surface area contributed by atoms with Crippen LogP contribution in [-0.2, 0) is 0 Å². The molecule has 0 aromatic rings. The lowest BCUT2D eigenvalue weighted by atomic mass is 9.98. The van der Waals surface area contributed by atoms with Crippen molar-refractivity contribution in [2.24, 2.45) is 0 Å². The molecular weight excluding hydrogens is 134 g/mol. The zero-order chi connectivity index (χ0) is 8.10. The number of rotatable bonds is 3. The van der Waals surface area contributed by atoms with Crippen LogP contribution in [0.3, 0.4) is 0 Å². The standard InChI is InChI=1S/C10H17N/c1-3-6-9-7-4-5-8-10(9)11-2/h5,8,11H,3-4,6-7H2,1-2H3. The summed E-state index contributed by atoms with van der Waals surface area (Å²) < 4.78 is 0. The lowest BCUT2D eigenvalue weighted by Gasteiger charge is -2.14. The van der Waals surface area contributed by atoms with Crippen molar-refractivity contribution in [1.82, 2.24) is 5.32 Å². The summed E-state index contributed by atoms with van der Waals surface area (Å²) in [7, 11) is 2.00. The highest BCUT2D eigenvalue weighted by molar-refractivity contribution is 5.27. The summed E-state index contributed by atoms with van der Waals surface area (Å²) in [6, 6.07) is 0. The quantitative estimate of drug-likeness (QED) is 0.653. The van der Waals surface area contributed by atoms with E-state index in [4.69, 9.17) is 0 Å². The van der Waals surface area contributed by atoms with E-state index in [-0.39, 0.29) is 0 Å². The predicted molar refractivity (Wildman–Crippen MR) is 49.4 cm³/mol. The fourth-order valence-corrected chi connectivity index (χ4v) is 1.53. The SMILES string of the molecule is CCCC1=C(NC)C=CCC1. The fourth-order valence-electron chi connectivity index (χ4n) is 1.53. The zero-order valence-corrected chi connectivity index (χ0v) is 7.48. The Morgan fingerprint density at radius 1 is 1.55 bits per heavy atom. The van der Waals surface area contributed by atoms with E-state index in [2.05, 4.69) is 24.4 Å². The van der Waals surface area contributed by atoms with Crippen LogP contribution in [0, 0.1) is 0 Å². The van der Waals surface area contributed by atoms with Crippen molar-refractivity contribution in [3.05, 3.63) is 23.4 Å². The molecule has 0 atom stereocenters. The minimum atomic E-state index is 1.22. The lowest BCUT2D eigenvalue weighted by molar-refractivity contribution is 0.782. The second-order valence-corrected chi connectivity index (χ2v) is 2.96. The van der Waals surface area contributed by atoms with Crippen LogP contribution in [-0.4, -0.2) is 7.05 Å². The van der Waals surface area contributed by atoms with Gasteiger partial charge in [0, 0.05) is 12.7 Å². The lowest BCUT2D eigenvalue weighted by Crippen LogP contribution is -2.09. The third-order valence-corrected chi connectivity index (χ3v) is 2.10. The van der Waals surface area contributed by atoms with Gasteiger partial charge in [-0.3, -0.25) is 0 Å². The van der Waals surface area contributed by atoms with Crippen molar-refractivity contribution in [2.45, 2.75) is 32.6 Å². The minimum absolute atomic E-state index is 1.22. The van der Waals surface area contributed by atoms with Gasteiger partial charge in [-0.05, 0) is 30.9 Å². The number of hydrogen-bond acceptors (Lipinski definition) is 1. The summed E-state index contributed by atoms with van der Waals surface area (Å²) in [6.45, 7) is 2.23. The molecule has 0 bridgehead atoms. The Kier molecular flexibility index (Phi) is 3.21. The van der Waals surface area contributed by atoms with Gasteiger partial charge in [-0.1, -0.05) is 19.4 Å². The van der Waals surface area contributed by atoms with E-state index >= 15 is 0 Å². The third kappa shape index (κ3) is 2.11. The maximum absolute atomic E-state index is 3.23. The zero-order valence-electron chi connectivity index (χ0n) is 7.48. The molecule has 11 heavy (non-hydrogen) atoms. The van der Waals surface area contributed by atoms with Crippen LogP contribution < -0.4 is 5.32 Å². The highest BCUT2D eigenvalue weighted by Gasteiger charge is 2.04. The molecule has 1 aliphatic carbocycles. The highest BCUT2D eigenvalue weighted by atomic mass is 14.8. The first-order valence-corrected chi connectivity index (χ1v) is 4.44. The molecule has 0 aromatic carbocycles. The maximum atomic E-state index is 3.23. The monoisotopic (exact) mass is 151 g/mol. The van der Waals surface area contributed by atoms with Gasteiger partial charge in [-0.15, -0.1) is 0 Å². The maximum Gasteiger partial charge on any atom is 0.0326 e. The second-order valence-electron chi connectivity index (χ2n) is 2.96. The summed E-state index contributed by atoms with van der Waals surface area (Å²) >= 11 is 0. The topological polar surface area (TPSA) is 12.0 Å². The third-order valence-electron chi connectivity index (χ3n) is 2.10. The van der Waals surface area contributed by atoms with Crippen LogP contribution in [0.15, 0.2) is 23.4 Å². The van der Waals surface area contributed by atoms with Gasteiger partial charge in [0.15, 0.2) is 0 Å². The van der Waals surface area contributed by atoms with Crippen LogP contribution in [0.5, 0.6) is 0 Å². The fraction of sp³-hybridized carbons (Fsp3) is 0.600. The van der Waals surface area contributed by atoms with E-state index in [1.54, 1.807) is 5.57 Å². The number of likely N-dealkylation sites (N-methyl/N-ethyl adjacent to an activating group) is 1. The molecule has 0 aliphatic heterocycles. The van der Waals surface area contributed by atoms with Gasteiger partial charge in [0.25, 0.3) is 0 Å². The molecular formula is C10H17N. The van der Waals surface area contributed by atoms with Crippen molar-refractivity contribution in [1.29, 1.82) is 0 Å². The summed E-state index contributed by atoms with van der Waals surface area (Å²) in [6.07, 6.45) is 9.43. The van der Waals surface area contributed by atoms with Crippen LogP contribution in [0.1, 0.15) is 32.6 Å². The summed E-state index contributed by atoms with van der Waals surface area (Å²) in [5.41, 5.74) is 2.94. The van der Waals surface area contributed by atoms with Gasteiger partial charge < -0.3 is 5.32 Å². The van der Waals surface area contributed by atoms with Crippen molar-refractivity contribution < 1.29 is 0 Å². The smallest absolute Gasteiger partial charge is 0.0326 e. The van der Waals surface area contributed by atoms with Crippen LogP contribution in [0.2, 0.25) is 0 Å². The van der Waals surface area contributed by atoms with Crippen molar-refractivity contribution in [3.8, 4) is 0 Å². The van der Waals surface area contributed by atoms with Crippen molar-refractivity contribution >= 4 is 0 Å². The first kappa shape index (κ1) is 8.38.